The van der Waals surface area contributed by atoms with Crippen molar-refractivity contribution in [3.8, 4) is 6.07 Å². The van der Waals surface area contributed by atoms with E-state index < -0.39 is 0 Å². The number of hydrogen-bond donors (Lipinski definition) is 1. The molecular formula is C11H13N3O2. The van der Waals surface area contributed by atoms with Gasteiger partial charge in [-0.3, -0.25) is 14.9 Å². The molecule has 0 amide bonds. The summed E-state index contributed by atoms with van der Waals surface area (Å²) >= 11 is 0. The lowest BCUT2D eigenvalue weighted by Crippen LogP contribution is -2.22. The Balaban J connectivity index is 2.15. The zero-order valence-corrected chi connectivity index (χ0v) is 8.89. The molecule has 0 unspecified atom stereocenters. The molecule has 0 saturated carbocycles. The lowest BCUT2D eigenvalue weighted by Gasteiger charge is -2.19. The molecule has 0 radical (unpaired) electrons. The molecule has 1 aliphatic rings. The Morgan fingerprint density at radius 2 is 2.44 bits per heavy atom. The van der Waals surface area contributed by atoms with Crippen LogP contribution in [-0.2, 0) is 11.3 Å². The zero-order valence-electron chi connectivity index (χ0n) is 8.89. The van der Waals surface area contributed by atoms with Crippen molar-refractivity contribution in [2.45, 2.75) is 12.8 Å². The molecule has 1 N–H and O–H groups in total. The van der Waals surface area contributed by atoms with E-state index in [0.29, 0.717) is 18.6 Å². The summed E-state index contributed by atoms with van der Waals surface area (Å²) in [6.45, 7) is 1.31. The highest BCUT2D eigenvalue weighted by Gasteiger charge is 2.23. The summed E-state index contributed by atoms with van der Waals surface area (Å²) in [7, 11) is 0. The fourth-order valence-electron chi connectivity index (χ4n) is 1.76. The number of anilines is 1. The van der Waals surface area contributed by atoms with Crippen molar-refractivity contribution in [3.63, 3.8) is 0 Å². The second-order valence-electron chi connectivity index (χ2n) is 3.57. The van der Waals surface area contributed by atoms with Gasteiger partial charge in [0.2, 0.25) is 0 Å². The number of pyridine rings is 1. The van der Waals surface area contributed by atoms with Crippen LogP contribution in [-0.4, -0.2) is 29.8 Å². The number of nitrogens with zero attached hydrogens (tertiary/aromatic N) is 3. The van der Waals surface area contributed by atoms with Crippen LogP contribution in [0.2, 0.25) is 0 Å². The lowest BCUT2D eigenvalue weighted by atomic mass is 10.1. The Bertz CT molecular complexity index is 414. The Morgan fingerprint density at radius 1 is 1.56 bits per heavy atom. The first-order valence-electron chi connectivity index (χ1n) is 5.25. The largest absolute Gasteiger partial charge is 0.396 e. The van der Waals surface area contributed by atoms with E-state index >= 15 is 0 Å². The van der Waals surface area contributed by atoms with Gasteiger partial charge in [0.15, 0.2) is 0 Å². The smallest absolute Gasteiger partial charge is 0.103 e. The minimum atomic E-state index is 0.113. The second kappa shape index (κ2) is 4.92. The van der Waals surface area contributed by atoms with E-state index in [9.17, 15) is 0 Å². The van der Waals surface area contributed by atoms with Crippen molar-refractivity contribution >= 4 is 5.69 Å². The maximum Gasteiger partial charge on any atom is 0.103 e. The van der Waals surface area contributed by atoms with Crippen LogP contribution in [0.5, 0.6) is 0 Å². The van der Waals surface area contributed by atoms with Crippen molar-refractivity contribution < 1.29 is 9.94 Å². The number of nitriles is 1. The minimum Gasteiger partial charge on any atom is -0.396 e. The maximum atomic E-state index is 8.98. The van der Waals surface area contributed by atoms with Gasteiger partial charge < -0.3 is 5.11 Å². The molecule has 0 aromatic carbocycles. The Labute approximate surface area is 93.8 Å². The summed E-state index contributed by atoms with van der Waals surface area (Å²) in [5.41, 5.74) is 2.41. The van der Waals surface area contributed by atoms with Gasteiger partial charge in [0, 0.05) is 25.5 Å². The van der Waals surface area contributed by atoms with Gasteiger partial charge in [0.05, 0.1) is 17.9 Å². The van der Waals surface area contributed by atoms with Gasteiger partial charge in [0.1, 0.15) is 6.07 Å². The Kier molecular flexibility index (Phi) is 3.34. The third kappa shape index (κ3) is 1.98. The molecule has 0 spiro atoms. The molecule has 5 nitrogen and oxygen atoms in total. The SMILES string of the molecule is N#Cc1cncc2c1N(OCCCO)CC2. The molecule has 0 saturated heterocycles. The number of hydroxylamine groups is 1. The molecule has 1 aromatic heterocycles. The van der Waals surface area contributed by atoms with Crippen molar-refractivity contribution in [3.05, 3.63) is 23.5 Å². The topological polar surface area (TPSA) is 69.4 Å². The van der Waals surface area contributed by atoms with Gasteiger partial charge in [-0.25, -0.2) is 0 Å². The number of aliphatic hydroxyl groups is 1. The molecule has 2 rings (SSSR count). The number of aliphatic hydroxyl groups excluding tert-OH is 1. The molecule has 2 heterocycles. The number of rotatable bonds is 4. The molecule has 0 bridgehead atoms. The van der Waals surface area contributed by atoms with E-state index in [4.69, 9.17) is 15.2 Å². The van der Waals surface area contributed by atoms with Gasteiger partial charge in [-0.2, -0.15) is 5.26 Å². The molecular weight excluding hydrogens is 206 g/mol. The van der Waals surface area contributed by atoms with Gasteiger partial charge in [-0.1, -0.05) is 0 Å². The quantitative estimate of drug-likeness (QED) is 0.752. The molecule has 1 aromatic rings. The van der Waals surface area contributed by atoms with Gasteiger partial charge in [0.25, 0.3) is 0 Å². The van der Waals surface area contributed by atoms with Crippen LogP contribution >= 0.6 is 0 Å². The molecule has 0 aliphatic carbocycles. The van der Waals surface area contributed by atoms with E-state index in [2.05, 4.69) is 11.1 Å². The van der Waals surface area contributed by atoms with E-state index in [0.717, 1.165) is 24.2 Å². The normalized spacial score (nSPS) is 13.6. The highest BCUT2D eigenvalue weighted by atomic mass is 16.7. The fraction of sp³-hybridized carbons (Fsp3) is 0.455. The summed E-state index contributed by atoms with van der Waals surface area (Å²) in [6.07, 6.45) is 4.76. The van der Waals surface area contributed by atoms with Crippen molar-refractivity contribution in [1.82, 2.24) is 4.98 Å². The average molecular weight is 219 g/mol. The van der Waals surface area contributed by atoms with Crippen LogP contribution in [0.25, 0.3) is 0 Å². The number of hydrogen-bond acceptors (Lipinski definition) is 5. The standard InChI is InChI=1S/C11H13N3O2/c12-6-10-8-13-7-9-2-3-14(11(9)10)16-5-1-4-15/h7-8,15H,1-5H2. The molecule has 1 aliphatic heterocycles. The van der Waals surface area contributed by atoms with E-state index in [1.54, 1.807) is 17.5 Å². The first-order chi connectivity index (χ1) is 7.86. The maximum absolute atomic E-state index is 8.98. The van der Waals surface area contributed by atoms with Crippen LogP contribution in [0.15, 0.2) is 12.4 Å². The van der Waals surface area contributed by atoms with Crippen LogP contribution < -0.4 is 5.06 Å². The van der Waals surface area contributed by atoms with Gasteiger partial charge in [-0.05, 0) is 18.4 Å². The molecule has 0 fully saturated rings. The van der Waals surface area contributed by atoms with Crippen LogP contribution in [0, 0.1) is 11.3 Å². The van der Waals surface area contributed by atoms with Crippen LogP contribution in [0.1, 0.15) is 17.5 Å². The monoisotopic (exact) mass is 219 g/mol. The van der Waals surface area contributed by atoms with E-state index in [1.807, 2.05) is 0 Å². The zero-order chi connectivity index (χ0) is 11.4. The highest BCUT2D eigenvalue weighted by Crippen LogP contribution is 2.30. The number of fused-ring (bicyclic) bond motifs is 1. The van der Waals surface area contributed by atoms with Gasteiger partial charge in [-0.15, -0.1) is 0 Å². The van der Waals surface area contributed by atoms with E-state index in [-0.39, 0.29) is 6.61 Å². The van der Waals surface area contributed by atoms with Crippen molar-refractivity contribution in [1.29, 1.82) is 5.26 Å². The van der Waals surface area contributed by atoms with Crippen molar-refractivity contribution in [2.24, 2.45) is 0 Å². The predicted molar refractivity (Wildman–Crippen MR) is 57.7 cm³/mol. The summed E-state index contributed by atoms with van der Waals surface area (Å²) < 4.78 is 0. The molecule has 5 heteroatoms. The summed E-state index contributed by atoms with van der Waals surface area (Å²) in [6, 6.07) is 2.11. The number of aromatic nitrogens is 1. The fourth-order valence-corrected chi connectivity index (χ4v) is 1.76. The van der Waals surface area contributed by atoms with E-state index in [1.165, 1.54) is 0 Å². The molecule has 0 atom stereocenters. The summed E-state index contributed by atoms with van der Waals surface area (Å²) in [5.74, 6) is 0. The van der Waals surface area contributed by atoms with Crippen LogP contribution in [0.4, 0.5) is 5.69 Å². The molecule has 84 valence electrons. The van der Waals surface area contributed by atoms with Crippen LogP contribution in [0.3, 0.4) is 0 Å². The Hall–Kier alpha value is -1.64. The second-order valence-corrected chi connectivity index (χ2v) is 3.57. The highest BCUT2D eigenvalue weighted by molar-refractivity contribution is 5.64. The third-order valence-electron chi connectivity index (χ3n) is 2.50. The first kappa shape index (κ1) is 10.9. The third-order valence-corrected chi connectivity index (χ3v) is 2.50. The lowest BCUT2D eigenvalue weighted by molar-refractivity contribution is 0.0977. The van der Waals surface area contributed by atoms with Gasteiger partial charge >= 0.3 is 0 Å². The Morgan fingerprint density at radius 3 is 3.19 bits per heavy atom. The first-order valence-corrected chi connectivity index (χ1v) is 5.25. The average Bonchev–Trinajstić information content (AvgIpc) is 2.73. The minimum absolute atomic E-state index is 0.113. The molecule has 16 heavy (non-hydrogen) atoms. The summed E-state index contributed by atoms with van der Waals surface area (Å²) in [4.78, 5) is 9.52. The summed E-state index contributed by atoms with van der Waals surface area (Å²) in [5, 5.41) is 19.4. The van der Waals surface area contributed by atoms with Crippen molar-refractivity contribution in [2.75, 3.05) is 24.8 Å². The predicted octanol–water partition coefficient (Wildman–Crippen LogP) is 0.630.